The minimum atomic E-state index is 0.0324. The summed E-state index contributed by atoms with van der Waals surface area (Å²) >= 11 is 0. The van der Waals surface area contributed by atoms with Crippen LogP contribution in [0.2, 0.25) is 0 Å². The predicted molar refractivity (Wildman–Crippen MR) is 81.4 cm³/mol. The Bertz CT molecular complexity index is 465. The van der Waals surface area contributed by atoms with Crippen LogP contribution in [0.5, 0.6) is 5.75 Å². The van der Waals surface area contributed by atoms with E-state index in [1.54, 1.807) is 14.2 Å². The van der Waals surface area contributed by atoms with Crippen molar-refractivity contribution < 1.29 is 14.3 Å². The van der Waals surface area contributed by atoms with Gasteiger partial charge in [-0.1, -0.05) is 18.2 Å². The maximum Gasteiger partial charge on any atom is 0.223 e. The average Bonchev–Trinajstić information content (AvgIpc) is 2.55. The van der Waals surface area contributed by atoms with Crippen molar-refractivity contribution in [1.82, 2.24) is 10.2 Å². The van der Waals surface area contributed by atoms with E-state index in [1.807, 2.05) is 29.2 Å². The summed E-state index contributed by atoms with van der Waals surface area (Å²) in [4.78, 5) is 14.4. The van der Waals surface area contributed by atoms with E-state index in [1.165, 1.54) is 0 Å². The van der Waals surface area contributed by atoms with Gasteiger partial charge < -0.3 is 19.7 Å². The highest BCUT2D eigenvalue weighted by Gasteiger charge is 2.29. The molecule has 0 radical (unpaired) electrons. The van der Waals surface area contributed by atoms with E-state index < -0.39 is 0 Å². The summed E-state index contributed by atoms with van der Waals surface area (Å²) in [5, 5.41) is 3.36. The summed E-state index contributed by atoms with van der Waals surface area (Å²) < 4.78 is 10.5. The molecule has 0 aromatic heterocycles. The summed E-state index contributed by atoms with van der Waals surface area (Å²) in [5.41, 5.74) is 1.06. The second-order valence-corrected chi connectivity index (χ2v) is 5.15. The van der Waals surface area contributed by atoms with Gasteiger partial charge in [0.05, 0.1) is 13.2 Å². The monoisotopic (exact) mass is 292 g/mol. The number of ether oxygens (including phenoxy) is 2. The highest BCUT2D eigenvalue weighted by Crippen LogP contribution is 2.30. The molecule has 1 heterocycles. The molecular formula is C16H24N2O3. The van der Waals surface area contributed by atoms with Crippen LogP contribution < -0.4 is 10.1 Å². The second kappa shape index (κ2) is 8.00. The van der Waals surface area contributed by atoms with Gasteiger partial charge in [-0.15, -0.1) is 0 Å². The van der Waals surface area contributed by atoms with Gasteiger partial charge >= 0.3 is 0 Å². The fraction of sp³-hybridized carbons (Fsp3) is 0.562. The lowest BCUT2D eigenvalue weighted by molar-refractivity contribution is -0.134. The number of methoxy groups -OCH3 is 2. The molecule has 0 saturated carbocycles. The fourth-order valence-corrected chi connectivity index (χ4v) is 2.73. The zero-order valence-corrected chi connectivity index (χ0v) is 12.8. The zero-order valence-electron chi connectivity index (χ0n) is 12.8. The van der Waals surface area contributed by atoms with Gasteiger partial charge in [0.15, 0.2) is 0 Å². The Morgan fingerprint density at radius 3 is 2.95 bits per heavy atom. The van der Waals surface area contributed by atoms with Crippen LogP contribution in [0, 0.1) is 0 Å². The maximum atomic E-state index is 12.5. The van der Waals surface area contributed by atoms with Crippen molar-refractivity contribution in [2.75, 3.05) is 40.5 Å². The largest absolute Gasteiger partial charge is 0.496 e. The van der Waals surface area contributed by atoms with Gasteiger partial charge in [0, 0.05) is 45.3 Å². The van der Waals surface area contributed by atoms with E-state index in [0.29, 0.717) is 13.0 Å². The van der Waals surface area contributed by atoms with Crippen LogP contribution in [0.15, 0.2) is 24.3 Å². The molecule has 0 bridgehead atoms. The molecule has 5 heteroatoms. The molecule has 5 nitrogen and oxygen atoms in total. The predicted octanol–water partition coefficient (Wildman–Crippen LogP) is 1.59. The average molecular weight is 292 g/mol. The van der Waals surface area contributed by atoms with Crippen molar-refractivity contribution in [3.05, 3.63) is 29.8 Å². The molecule has 1 N–H and O–H groups in total. The van der Waals surface area contributed by atoms with Crippen LogP contribution in [0.4, 0.5) is 0 Å². The van der Waals surface area contributed by atoms with E-state index in [2.05, 4.69) is 5.32 Å². The van der Waals surface area contributed by atoms with E-state index in [0.717, 1.165) is 37.4 Å². The van der Waals surface area contributed by atoms with Crippen molar-refractivity contribution in [3.63, 3.8) is 0 Å². The summed E-state index contributed by atoms with van der Waals surface area (Å²) in [6.07, 6.45) is 1.29. The molecule has 1 aromatic rings. The first-order valence-corrected chi connectivity index (χ1v) is 7.40. The number of rotatable bonds is 6. The lowest BCUT2D eigenvalue weighted by atomic mass is 10.0. The number of carbonyl (C=O) groups is 1. The molecule has 0 aliphatic carbocycles. The third-order valence-electron chi connectivity index (χ3n) is 3.80. The van der Waals surface area contributed by atoms with Crippen LogP contribution in [-0.4, -0.2) is 51.3 Å². The topological polar surface area (TPSA) is 50.8 Å². The number of hydrogen-bond acceptors (Lipinski definition) is 4. The van der Waals surface area contributed by atoms with Crippen LogP contribution in [0.3, 0.4) is 0 Å². The molecule has 1 saturated heterocycles. The Kier molecular flexibility index (Phi) is 6.02. The van der Waals surface area contributed by atoms with E-state index >= 15 is 0 Å². The molecule has 1 unspecified atom stereocenters. The smallest absolute Gasteiger partial charge is 0.223 e. The molecule has 1 aromatic carbocycles. The SMILES string of the molecule is COCCCC(=O)N1CCNCC1c1ccccc1OC. The van der Waals surface area contributed by atoms with Crippen LogP contribution >= 0.6 is 0 Å². The third-order valence-corrected chi connectivity index (χ3v) is 3.80. The van der Waals surface area contributed by atoms with Gasteiger partial charge in [-0.2, -0.15) is 0 Å². The highest BCUT2D eigenvalue weighted by molar-refractivity contribution is 5.77. The quantitative estimate of drug-likeness (QED) is 0.809. The van der Waals surface area contributed by atoms with E-state index in [-0.39, 0.29) is 11.9 Å². The number of nitrogens with one attached hydrogen (secondary N) is 1. The highest BCUT2D eigenvalue weighted by atomic mass is 16.5. The number of para-hydroxylation sites is 1. The molecule has 1 amide bonds. The summed E-state index contributed by atoms with van der Waals surface area (Å²) in [7, 11) is 3.33. The first-order chi connectivity index (χ1) is 10.3. The van der Waals surface area contributed by atoms with Crippen molar-refractivity contribution in [1.29, 1.82) is 0 Å². The van der Waals surface area contributed by atoms with Crippen molar-refractivity contribution in [3.8, 4) is 5.75 Å². The molecule has 1 atom stereocenters. The molecule has 1 aliphatic rings. The summed E-state index contributed by atoms with van der Waals surface area (Å²) in [5.74, 6) is 1.02. The Morgan fingerprint density at radius 2 is 2.19 bits per heavy atom. The number of nitrogens with zero attached hydrogens (tertiary/aromatic N) is 1. The van der Waals surface area contributed by atoms with Crippen LogP contribution in [-0.2, 0) is 9.53 Å². The molecule has 1 aliphatic heterocycles. The van der Waals surface area contributed by atoms with Crippen molar-refractivity contribution in [2.45, 2.75) is 18.9 Å². The number of hydrogen-bond donors (Lipinski definition) is 1. The minimum Gasteiger partial charge on any atom is -0.496 e. The third kappa shape index (κ3) is 3.95. The van der Waals surface area contributed by atoms with E-state index in [4.69, 9.17) is 9.47 Å². The Hall–Kier alpha value is -1.59. The number of benzene rings is 1. The lowest BCUT2D eigenvalue weighted by Crippen LogP contribution is -2.48. The van der Waals surface area contributed by atoms with E-state index in [9.17, 15) is 4.79 Å². The maximum absolute atomic E-state index is 12.5. The van der Waals surface area contributed by atoms with Gasteiger partial charge in [-0.25, -0.2) is 0 Å². The molecule has 21 heavy (non-hydrogen) atoms. The Labute approximate surface area is 126 Å². The van der Waals surface area contributed by atoms with Crippen molar-refractivity contribution in [2.24, 2.45) is 0 Å². The van der Waals surface area contributed by atoms with Crippen LogP contribution in [0.25, 0.3) is 0 Å². The Balaban J connectivity index is 2.13. The van der Waals surface area contributed by atoms with Crippen LogP contribution in [0.1, 0.15) is 24.4 Å². The van der Waals surface area contributed by atoms with Crippen molar-refractivity contribution >= 4 is 5.91 Å². The standard InChI is InChI=1S/C16H24N2O3/c1-20-11-5-8-16(19)18-10-9-17-12-14(18)13-6-3-4-7-15(13)21-2/h3-4,6-7,14,17H,5,8-12H2,1-2H3. The number of carbonyl (C=O) groups excluding carboxylic acids is 1. The Morgan fingerprint density at radius 1 is 1.38 bits per heavy atom. The van der Waals surface area contributed by atoms with Gasteiger partial charge in [-0.05, 0) is 12.5 Å². The zero-order chi connectivity index (χ0) is 15.1. The van der Waals surface area contributed by atoms with Gasteiger partial charge in [0.1, 0.15) is 5.75 Å². The molecular weight excluding hydrogens is 268 g/mol. The first-order valence-electron chi connectivity index (χ1n) is 7.40. The van der Waals surface area contributed by atoms with Gasteiger partial charge in [0.2, 0.25) is 5.91 Å². The van der Waals surface area contributed by atoms with Gasteiger partial charge in [0.25, 0.3) is 0 Å². The molecule has 0 spiro atoms. The number of piperazine rings is 1. The molecule has 2 rings (SSSR count). The number of amides is 1. The first kappa shape index (κ1) is 15.8. The molecule has 1 fully saturated rings. The fourth-order valence-electron chi connectivity index (χ4n) is 2.73. The van der Waals surface area contributed by atoms with Gasteiger partial charge in [-0.3, -0.25) is 4.79 Å². The lowest BCUT2D eigenvalue weighted by Gasteiger charge is -2.37. The summed E-state index contributed by atoms with van der Waals surface area (Å²) in [6.45, 7) is 2.95. The summed E-state index contributed by atoms with van der Waals surface area (Å²) in [6, 6.07) is 7.94. The molecule has 116 valence electrons. The second-order valence-electron chi connectivity index (χ2n) is 5.15. The normalized spacial score (nSPS) is 18.6. The minimum absolute atomic E-state index is 0.0324.